The van der Waals surface area contributed by atoms with E-state index in [-0.39, 0.29) is 48.5 Å². The van der Waals surface area contributed by atoms with E-state index in [1.165, 1.54) is 24.3 Å². The summed E-state index contributed by atoms with van der Waals surface area (Å²) in [7, 11) is -8.88. The highest BCUT2D eigenvalue weighted by atomic mass is 32.2. The maximum atomic E-state index is 12.8. The summed E-state index contributed by atoms with van der Waals surface area (Å²) >= 11 is 0. The maximum absolute atomic E-state index is 12.8. The summed E-state index contributed by atoms with van der Waals surface area (Å²) in [4.78, 5) is 25.9. The lowest BCUT2D eigenvalue weighted by Gasteiger charge is -2.46. The quantitative estimate of drug-likeness (QED) is 0.0301. The number of carbonyl (C=O) groups excluding carboxylic acids is 2. The number of likely N-dealkylation sites (N-methyl/N-ethyl adjacent to an activating group) is 1. The molecule has 76 heavy (non-hydrogen) atoms. The van der Waals surface area contributed by atoms with Gasteiger partial charge in [-0.2, -0.15) is 21.4 Å². The standard InChI is InChI=1S/C50H70N4O20S2/c1-6-53-33-18-16-29(75(63,64)65)25-31(33)49(2,3)37(53)13-9-7-10-14-38-50(4,5)32-26-30(76(66,67)68)17-19-34(32)54(38)21-12-8-11-15-39(57)52-20-22-69-23-24-70-47-45(42(60)40(58)35(27-55)72-47)73-46-43(61)44(74-48(51)62)41(59)36(28-56)71-46/h7,9-10,13-14,16-19,25-26,35-36,40-47,55-56,58-61H,6,8,11-12,15,20-24,27-28H2,1-5H3,(H4-,51,52,57,62,63,64,65,66,67,68)/p+1/t35-,36+,40-,41+,42+,43-,44-,45-,46+,47?/m0/s1. The molecule has 0 aliphatic carbocycles. The molecule has 2 saturated heterocycles. The van der Waals surface area contributed by atoms with Gasteiger partial charge in [-0.05, 0) is 75.6 Å². The van der Waals surface area contributed by atoms with E-state index in [9.17, 15) is 66.2 Å². The van der Waals surface area contributed by atoms with Crippen molar-refractivity contribution in [1.82, 2.24) is 5.32 Å². The summed E-state index contributed by atoms with van der Waals surface area (Å²) in [5.74, 6) is -0.207. The minimum atomic E-state index is -4.48. The third-order valence-electron chi connectivity index (χ3n) is 13.9. The largest absolute Gasteiger partial charge is 0.441 e. The van der Waals surface area contributed by atoms with Gasteiger partial charge in [0.05, 0.1) is 48.2 Å². The first kappa shape index (κ1) is 60.5. The summed E-state index contributed by atoms with van der Waals surface area (Å²) in [5, 5.41) is 64.9. The number of nitrogens with one attached hydrogen (secondary N) is 1. The molecule has 2 aromatic carbocycles. The van der Waals surface area contributed by atoms with Gasteiger partial charge in [-0.1, -0.05) is 32.1 Å². The van der Waals surface area contributed by atoms with Crippen molar-refractivity contribution < 1.29 is 99.2 Å². The highest BCUT2D eigenvalue weighted by Crippen LogP contribution is 2.48. The van der Waals surface area contributed by atoms with Crippen molar-refractivity contribution in [1.29, 1.82) is 0 Å². The number of hydrogen-bond donors (Lipinski definition) is 10. The Labute approximate surface area is 441 Å². The number of fused-ring (bicyclic) bond motifs is 2. The van der Waals surface area contributed by atoms with Crippen LogP contribution in [0.15, 0.2) is 82.3 Å². The average molecular weight is 1110 g/mol. The number of benzene rings is 2. The SMILES string of the molecule is CCN1C(=CC=CC=CC2=[N+](CCCCCC(=O)NCCOCCOC3O[C@@H](CO)[C@H](O)[C@@H](O)[C@@H]3O[C@H]3O[C@H](CO)[C@@H](O)[C@H](OC(N)=O)[C@@H]3O)c3ccc(S(=O)(=O)O)cc3C2(C)C)C(C)(C)c2cc(S(=O)(=O)O)ccc21. The number of aliphatic hydroxyl groups excluding tert-OH is 6. The first-order chi connectivity index (χ1) is 35.8. The molecule has 11 N–H and O–H groups in total. The van der Waals surface area contributed by atoms with Crippen LogP contribution in [0.25, 0.3) is 0 Å². The number of allylic oxidation sites excluding steroid dienone is 6. The minimum Gasteiger partial charge on any atom is -0.441 e. The molecular formula is C50H71N4O20S2+. The Balaban J connectivity index is 0.995. The number of ether oxygens (including phenoxy) is 6. The third kappa shape index (κ3) is 13.7. The molecule has 24 nitrogen and oxygen atoms in total. The van der Waals surface area contributed by atoms with E-state index < -0.39 is 112 Å². The van der Waals surface area contributed by atoms with Gasteiger partial charge in [0, 0.05) is 60.4 Å². The van der Waals surface area contributed by atoms with Crippen LogP contribution in [0.2, 0.25) is 0 Å². The van der Waals surface area contributed by atoms with Crippen molar-refractivity contribution in [3.63, 3.8) is 0 Å². The Bertz CT molecular complexity index is 2750. The van der Waals surface area contributed by atoms with Crippen molar-refractivity contribution in [2.75, 3.05) is 57.6 Å². The van der Waals surface area contributed by atoms with Gasteiger partial charge in [-0.3, -0.25) is 13.9 Å². The third-order valence-corrected chi connectivity index (χ3v) is 15.6. The van der Waals surface area contributed by atoms with Gasteiger partial charge >= 0.3 is 6.09 Å². The molecule has 4 heterocycles. The topological polar surface area (TPSA) is 364 Å². The molecule has 10 atom stereocenters. The fourth-order valence-electron chi connectivity index (χ4n) is 9.91. The van der Waals surface area contributed by atoms with E-state index in [0.717, 1.165) is 28.3 Å². The Morgan fingerprint density at radius 3 is 2.07 bits per heavy atom. The molecule has 26 heteroatoms. The number of primary amides is 1. The van der Waals surface area contributed by atoms with Crippen LogP contribution in [0.4, 0.5) is 16.2 Å². The lowest BCUT2D eigenvalue weighted by atomic mass is 9.81. The first-order valence-corrected chi connectivity index (χ1v) is 27.7. The summed E-state index contributed by atoms with van der Waals surface area (Å²) < 4.78 is 103. The molecular weight excluding hydrogens is 1040 g/mol. The average Bonchev–Trinajstić information content (AvgIpc) is 3.71. The molecule has 4 aliphatic rings. The molecule has 4 aliphatic heterocycles. The maximum Gasteiger partial charge on any atom is 0.404 e. The summed E-state index contributed by atoms with van der Waals surface area (Å²) in [6.45, 7) is 9.55. The lowest BCUT2D eigenvalue weighted by Crippen LogP contribution is -2.65. The van der Waals surface area contributed by atoms with Crippen LogP contribution in [0.5, 0.6) is 0 Å². The Morgan fingerprint density at radius 2 is 1.42 bits per heavy atom. The summed E-state index contributed by atoms with van der Waals surface area (Å²) in [5.41, 5.74) is 8.72. The zero-order valence-corrected chi connectivity index (χ0v) is 44.5. The van der Waals surface area contributed by atoms with Crippen molar-refractivity contribution in [2.24, 2.45) is 5.73 Å². The second kappa shape index (κ2) is 25.4. The normalized spacial score (nSPS) is 27.9. The second-order valence-corrected chi connectivity index (χ2v) is 22.5. The minimum absolute atomic E-state index is 0.0489. The van der Waals surface area contributed by atoms with Crippen LogP contribution >= 0.6 is 0 Å². The second-order valence-electron chi connectivity index (χ2n) is 19.7. The van der Waals surface area contributed by atoms with Crippen LogP contribution in [0, 0.1) is 0 Å². The number of amides is 2. The lowest BCUT2D eigenvalue weighted by molar-refractivity contribution is -0.438. The van der Waals surface area contributed by atoms with Crippen LogP contribution in [0.1, 0.15) is 71.4 Å². The van der Waals surface area contributed by atoms with E-state index in [1.54, 1.807) is 12.1 Å². The van der Waals surface area contributed by atoms with Gasteiger partial charge in [0.1, 0.15) is 49.3 Å². The Morgan fingerprint density at radius 1 is 0.776 bits per heavy atom. The highest BCUT2D eigenvalue weighted by molar-refractivity contribution is 7.86. The number of unbranched alkanes of at least 4 members (excludes halogenated alkanes) is 2. The van der Waals surface area contributed by atoms with Gasteiger partial charge in [0.25, 0.3) is 20.2 Å². The Hall–Kier alpha value is -4.75. The summed E-state index contributed by atoms with van der Waals surface area (Å²) in [6, 6.07) is 9.11. The molecule has 422 valence electrons. The molecule has 0 bridgehead atoms. The van der Waals surface area contributed by atoms with Crippen molar-refractivity contribution in [3.05, 3.63) is 83.6 Å². The predicted molar refractivity (Wildman–Crippen MR) is 271 cm³/mol. The van der Waals surface area contributed by atoms with Gasteiger partial charge in [0.2, 0.25) is 11.6 Å². The molecule has 1 unspecified atom stereocenters. The summed E-state index contributed by atoms with van der Waals surface area (Å²) in [6.07, 6.45) is -5.99. The highest BCUT2D eigenvalue weighted by Gasteiger charge is 2.52. The molecule has 0 saturated carbocycles. The molecule has 2 amide bonds. The predicted octanol–water partition coefficient (Wildman–Crippen LogP) is 0.807. The van der Waals surface area contributed by atoms with Gasteiger partial charge in [-0.25, -0.2) is 4.79 Å². The zero-order valence-electron chi connectivity index (χ0n) is 42.9. The molecule has 0 radical (unpaired) electrons. The fraction of sp³-hybridized carbons (Fsp3) is 0.580. The first-order valence-electron chi connectivity index (χ1n) is 24.8. The number of nitrogens with two attached hydrogens (primary N) is 1. The van der Waals surface area contributed by atoms with Gasteiger partial charge in [0.15, 0.2) is 24.4 Å². The number of anilines is 1. The monoisotopic (exact) mass is 1110 g/mol. The smallest absolute Gasteiger partial charge is 0.404 e. The van der Waals surface area contributed by atoms with Gasteiger partial charge < -0.3 is 75.0 Å². The van der Waals surface area contributed by atoms with Crippen LogP contribution in [-0.2, 0) is 64.3 Å². The van der Waals surface area contributed by atoms with E-state index in [2.05, 4.69) is 14.8 Å². The Kier molecular flexibility index (Phi) is 20.2. The molecule has 0 aromatic heterocycles. The molecule has 0 spiro atoms. The van der Waals surface area contributed by atoms with E-state index >= 15 is 0 Å². The van der Waals surface area contributed by atoms with Crippen molar-refractivity contribution in [3.8, 4) is 0 Å². The number of aliphatic hydroxyl groups is 6. The van der Waals surface area contributed by atoms with Crippen LogP contribution in [0.3, 0.4) is 0 Å². The van der Waals surface area contributed by atoms with E-state index in [4.69, 9.17) is 34.2 Å². The van der Waals surface area contributed by atoms with Gasteiger partial charge in [-0.15, -0.1) is 0 Å². The number of hydrogen-bond acceptors (Lipinski definition) is 19. The molecule has 6 rings (SSSR count). The number of carbonyl (C=O) groups is 2. The molecule has 2 fully saturated rings. The van der Waals surface area contributed by atoms with Crippen molar-refractivity contribution in [2.45, 2.75) is 142 Å². The van der Waals surface area contributed by atoms with Crippen molar-refractivity contribution >= 4 is 49.3 Å². The number of rotatable bonds is 24. The van der Waals surface area contributed by atoms with E-state index in [1.807, 2.05) is 65.0 Å². The zero-order chi connectivity index (χ0) is 55.9. The van der Waals surface area contributed by atoms with E-state index in [0.29, 0.717) is 37.9 Å². The molecule has 2 aromatic rings. The number of nitrogens with zero attached hydrogens (tertiary/aromatic N) is 2. The van der Waals surface area contributed by atoms with Crippen LogP contribution in [-0.4, -0.2) is 193 Å². The fourth-order valence-corrected chi connectivity index (χ4v) is 10.9. The van der Waals surface area contributed by atoms with Crippen LogP contribution < -0.4 is 16.0 Å².